The summed E-state index contributed by atoms with van der Waals surface area (Å²) >= 11 is 0. The number of hydrogen-bond acceptors (Lipinski definition) is 2. The van der Waals surface area contributed by atoms with E-state index >= 15 is 0 Å². The minimum atomic E-state index is -0.439. The van der Waals surface area contributed by atoms with E-state index in [4.69, 9.17) is 0 Å². The van der Waals surface area contributed by atoms with Gasteiger partial charge in [0, 0.05) is 12.6 Å². The maximum Gasteiger partial charge on any atom is 0.0772 e. The van der Waals surface area contributed by atoms with Crippen LogP contribution in [-0.2, 0) is 0 Å². The molecule has 0 aromatic heterocycles. The van der Waals surface area contributed by atoms with Gasteiger partial charge in [-0.25, -0.2) is 0 Å². The van der Waals surface area contributed by atoms with E-state index in [0.29, 0.717) is 11.5 Å². The van der Waals surface area contributed by atoms with Crippen LogP contribution >= 0.6 is 0 Å². The Balaban J connectivity index is 1.74. The molecule has 118 valence electrons. The Morgan fingerprint density at radius 1 is 1.00 bits per heavy atom. The Morgan fingerprint density at radius 2 is 1.70 bits per heavy atom. The normalized spacial score (nSPS) is 33.6. The van der Waals surface area contributed by atoms with Crippen LogP contribution in [0.25, 0.3) is 0 Å². The van der Waals surface area contributed by atoms with Gasteiger partial charge in [-0.2, -0.15) is 0 Å². The maximum absolute atomic E-state index is 10.7. The van der Waals surface area contributed by atoms with Crippen LogP contribution in [0, 0.1) is 11.3 Å². The summed E-state index contributed by atoms with van der Waals surface area (Å²) < 4.78 is 0. The van der Waals surface area contributed by atoms with Crippen molar-refractivity contribution in [1.82, 2.24) is 5.32 Å². The van der Waals surface area contributed by atoms with Crippen molar-refractivity contribution >= 4 is 0 Å². The van der Waals surface area contributed by atoms with Gasteiger partial charge in [0.25, 0.3) is 0 Å². The smallest absolute Gasteiger partial charge is 0.0772 e. The predicted octanol–water partition coefficient (Wildman–Crippen LogP) is 4.27. The molecule has 0 aliphatic heterocycles. The van der Waals surface area contributed by atoms with Gasteiger partial charge in [0.2, 0.25) is 0 Å². The molecule has 2 nitrogen and oxygen atoms in total. The van der Waals surface area contributed by atoms with Crippen LogP contribution in [-0.4, -0.2) is 23.3 Å². The highest BCUT2D eigenvalue weighted by atomic mass is 16.3. The summed E-state index contributed by atoms with van der Waals surface area (Å²) in [5, 5.41) is 14.4. The van der Waals surface area contributed by atoms with Gasteiger partial charge in [-0.15, -0.1) is 0 Å². The number of nitrogens with one attached hydrogen (secondary N) is 1. The van der Waals surface area contributed by atoms with E-state index in [9.17, 15) is 5.11 Å². The lowest BCUT2D eigenvalue weighted by molar-refractivity contribution is -0.0263. The van der Waals surface area contributed by atoms with Crippen molar-refractivity contribution in [2.75, 3.05) is 6.54 Å². The summed E-state index contributed by atoms with van der Waals surface area (Å²) in [5.74, 6) is 0.945. The van der Waals surface area contributed by atoms with Gasteiger partial charge in [0.15, 0.2) is 0 Å². The van der Waals surface area contributed by atoms with Crippen LogP contribution in [0.1, 0.15) is 85.0 Å². The Labute approximate surface area is 125 Å². The summed E-state index contributed by atoms with van der Waals surface area (Å²) in [6.45, 7) is 7.79. The highest BCUT2D eigenvalue weighted by molar-refractivity contribution is 4.91. The van der Waals surface area contributed by atoms with Crippen molar-refractivity contribution in [3.63, 3.8) is 0 Å². The molecular weight excluding hydrogens is 246 g/mol. The van der Waals surface area contributed by atoms with Gasteiger partial charge in [0.1, 0.15) is 0 Å². The van der Waals surface area contributed by atoms with E-state index in [-0.39, 0.29) is 0 Å². The summed E-state index contributed by atoms with van der Waals surface area (Å²) in [5.41, 5.74) is -0.00508. The summed E-state index contributed by atoms with van der Waals surface area (Å²) in [6, 6.07) is 0.644. The fourth-order valence-electron chi connectivity index (χ4n) is 3.89. The van der Waals surface area contributed by atoms with Gasteiger partial charge < -0.3 is 10.4 Å². The fraction of sp³-hybridized carbons (Fsp3) is 1.00. The molecule has 2 heteroatoms. The fourth-order valence-corrected chi connectivity index (χ4v) is 3.89. The average molecular weight is 281 g/mol. The first kappa shape index (κ1) is 16.3. The topological polar surface area (TPSA) is 32.3 Å². The highest BCUT2D eigenvalue weighted by Crippen LogP contribution is 2.40. The maximum atomic E-state index is 10.7. The SMILES string of the molecule is CCC1CCCC(NCC2(O)CCC(C)(C)CC2)CC1. The number of aliphatic hydroxyl groups is 1. The second-order valence-corrected chi connectivity index (χ2v) is 8.25. The summed E-state index contributed by atoms with van der Waals surface area (Å²) in [4.78, 5) is 0. The Bertz CT molecular complexity index is 290. The molecular formula is C18H35NO. The molecule has 2 fully saturated rings. The zero-order chi connectivity index (χ0) is 14.6. The van der Waals surface area contributed by atoms with Gasteiger partial charge in [-0.3, -0.25) is 0 Å². The Kier molecular flexibility index (Phi) is 5.53. The summed E-state index contributed by atoms with van der Waals surface area (Å²) in [7, 11) is 0. The molecule has 2 atom stereocenters. The second kappa shape index (κ2) is 6.79. The average Bonchev–Trinajstić information content (AvgIpc) is 2.66. The highest BCUT2D eigenvalue weighted by Gasteiger charge is 2.36. The first-order valence-electron chi connectivity index (χ1n) is 8.88. The van der Waals surface area contributed by atoms with Crippen LogP contribution in [0.2, 0.25) is 0 Å². The minimum absolute atomic E-state index is 0.433. The van der Waals surface area contributed by atoms with Crippen LogP contribution in [0.4, 0.5) is 0 Å². The molecule has 2 rings (SSSR count). The monoisotopic (exact) mass is 281 g/mol. The predicted molar refractivity (Wildman–Crippen MR) is 85.9 cm³/mol. The first-order chi connectivity index (χ1) is 9.42. The molecule has 2 N–H and O–H groups in total. The van der Waals surface area contributed by atoms with Crippen LogP contribution in [0.15, 0.2) is 0 Å². The quantitative estimate of drug-likeness (QED) is 0.754. The third-order valence-electron chi connectivity index (χ3n) is 5.92. The van der Waals surface area contributed by atoms with Gasteiger partial charge >= 0.3 is 0 Å². The molecule has 20 heavy (non-hydrogen) atoms. The third kappa shape index (κ3) is 4.73. The molecule has 0 amide bonds. The molecule has 0 heterocycles. The lowest BCUT2D eigenvalue weighted by atomic mass is 9.71. The van der Waals surface area contributed by atoms with E-state index in [2.05, 4.69) is 26.1 Å². The second-order valence-electron chi connectivity index (χ2n) is 8.25. The van der Waals surface area contributed by atoms with Crippen LogP contribution in [0.5, 0.6) is 0 Å². The first-order valence-corrected chi connectivity index (χ1v) is 8.88. The van der Waals surface area contributed by atoms with Crippen molar-refractivity contribution < 1.29 is 5.11 Å². The molecule has 0 bridgehead atoms. The van der Waals surface area contributed by atoms with Crippen molar-refractivity contribution in [3.05, 3.63) is 0 Å². The molecule has 0 aromatic rings. The van der Waals surface area contributed by atoms with E-state index < -0.39 is 5.60 Å². The summed E-state index contributed by atoms with van der Waals surface area (Å²) in [6.07, 6.45) is 12.4. The lowest BCUT2D eigenvalue weighted by Gasteiger charge is -2.41. The molecule has 0 radical (unpaired) electrons. The van der Waals surface area contributed by atoms with Crippen molar-refractivity contribution in [1.29, 1.82) is 0 Å². The third-order valence-corrected chi connectivity index (χ3v) is 5.92. The molecule has 2 aliphatic carbocycles. The molecule has 2 saturated carbocycles. The van der Waals surface area contributed by atoms with E-state index in [1.54, 1.807) is 0 Å². The molecule has 0 saturated heterocycles. The lowest BCUT2D eigenvalue weighted by Crippen LogP contribution is -2.47. The van der Waals surface area contributed by atoms with E-state index in [1.165, 1.54) is 38.5 Å². The minimum Gasteiger partial charge on any atom is -0.389 e. The van der Waals surface area contributed by atoms with Gasteiger partial charge in [-0.1, -0.05) is 40.0 Å². The molecule has 2 unspecified atom stereocenters. The van der Waals surface area contributed by atoms with Crippen molar-refractivity contribution in [2.24, 2.45) is 11.3 Å². The van der Waals surface area contributed by atoms with E-state index in [0.717, 1.165) is 38.1 Å². The number of hydrogen-bond donors (Lipinski definition) is 2. The number of rotatable bonds is 4. The van der Waals surface area contributed by atoms with Crippen molar-refractivity contribution in [3.8, 4) is 0 Å². The zero-order valence-corrected chi connectivity index (χ0v) is 13.9. The molecule has 2 aliphatic rings. The molecule has 0 spiro atoms. The largest absolute Gasteiger partial charge is 0.389 e. The zero-order valence-electron chi connectivity index (χ0n) is 13.9. The Morgan fingerprint density at radius 3 is 2.35 bits per heavy atom. The Hall–Kier alpha value is -0.0800. The van der Waals surface area contributed by atoms with Gasteiger partial charge in [-0.05, 0) is 56.3 Å². The van der Waals surface area contributed by atoms with Crippen molar-refractivity contribution in [2.45, 2.75) is 96.6 Å². The van der Waals surface area contributed by atoms with Crippen LogP contribution in [0.3, 0.4) is 0 Å². The van der Waals surface area contributed by atoms with Crippen LogP contribution < -0.4 is 5.32 Å². The standard InChI is InChI=1S/C18H35NO/c1-4-15-6-5-7-16(9-8-15)19-14-18(20)12-10-17(2,3)11-13-18/h15-16,19-20H,4-14H2,1-3H3. The molecule has 0 aromatic carbocycles. The van der Waals surface area contributed by atoms with Gasteiger partial charge in [0.05, 0.1) is 5.60 Å². The van der Waals surface area contributed by atoms with E-state index in [1.807, 2.05) is 0 Å².